The van der Waals surface area contributed by atoms with E-state index in [2.05, 4.69) is 20.9 Å². The molecule has 2 aromatic rings. The molecule has 5 rings (SSSR count). The number of nitrogens with one attached hydrogen (secondary N) is 2. The molecule has 0 saturated carbocycles. The van der Waals surface area contributed by atoms with E-state index in [-0.39, 0.29) is 36.6 Å². The number of fused-ring (bicyclic) bond motifs is 1. The lowest BCUT2D eigenvalue weighted by molar-refractivity contribution is -0.136. The molecule has 2 fully saturated rings. The number of rotatable bonds is 5. The van der Waals surface area contributed by atoms with Crippen LogP contribution < -0.4 is 10.6 Å². The lowest BCUT2D eigenvalue weighted by Gasteiger charge is -2.29. The highest BCUT2D eigenvalue weighted by molar-refractivity contribution is 6.25. The summed E-state index contributed by atoms with van der Waals surface area (Å²) in [5.41, 5.74) is 1.41. The Morgan fingerprint density at radius 3 is 2.60 bits per heavy atom. The number of hydrogen-bond acceptors (Lipinski definition) is 8. The van der Waals surface area contributed by atoms with Crippen molar-refractivity contribution in [3.8, 4) is 0 Å². The zero-order valence-electron chi connectivity index (χ0n) is 18.6. The van der Waals surface area contributed by atoms with Crippen molar-refractivity contribution in [3.63, 3.8) is 0 Å². The Morgan fingerprint density at radius 1 is 1.11 bits per heavy atom. The molecule has 35 heavy (non-hydrogen) atoms. The van der Waals surface area contributed by atoms with E-state index in [4.69, 9.17) is 5.11 Å². The average Bonchev–Trinajstić information content (AvgIpc) is 3.42. The largest absolute Gasteiger partial charge is 0.465 e. The second kappa shape index (κ2) is 8.81. The van der Waals surface area contributed by atoms with Crippen molar-refractivity contribution < 1.29 is 29.1 Å². The topological polar surface area (TPSA) is 167 Å². The minimum atomic E-state index is -1.03. The maximum absolute atomic E-state index is 13.2. The number of carboxylic acid groups (broad SMARTS) is 1. The average molecular weight is 481 g/mol. The highest BCUT2D eigenvalue weighted by Crippen LogP contribution is 2.32. The van der Waals surface area contributed by atoms with Gasteiger partial charge >= 0.3 is 6.09 Å². The molecule has 1 aromatic heterocycles. The Hall–Kier alpha value is -4.29. The van der Waals surface area contributed by atoms with E-state index in [1.165, 1.54) is 11.0 Å². The summed E-state index contributed by atoms with van der Waals surface area (Å²) in [6.45, 7) is 1.11. The number of benzene rings is 1. The van der Waals surface area contributed by atoms with Crippen molar-refractivity contribution in [2.45, 2.75) is 44.3 Å². The van der Waals surface area contributed by atoms with Gasteiger partial charge in [0.2, 0.25) is 11.8 Å². The summed E-state index contributed by atoms with van der Waals surface area (Å²) >= 11 is 0. The van der Waals surface area contributed by atoms with Gasteiger partial charge in [-0.25, -0.2) is 9.48 Å². The maximum atomic E-state index is 13.2. The molecule has 3 N–H and O–H groups in total. The van der Waals surface area contributed by atoms with Gasteiger partial charge in [0.05, 0.1) is 29.9 Å². The molecular formula is C22H23N7O6. The number of carbonyl (C=O) groups excluding carboxylic acids is 4. The maximum Gasteiger partial charge on any atom is 0.407 e. The minimum Gasteiger partial charge on any atom is -0.465 e. The Balaban J connectivity index is 1.28. The SMILES string of the molecule is O=C1CCC(N2C(=O)c3cccc(NCc4cn(C5CCN(C(=O)O)CC5)nn4)c3C2=O)C(=O)N1. The van der Waals surface area contributed by atoms with E-state index >= 15 is 0 Å². The highest BCUT2D eigenvalue weighted by Gasteiger charge is 2.45. The fraction of sp³-hybridized carbons (Fsp3) is 0.409. The molecule has 4 heterocycles. The number of likely N-dealkylation sites (tertiary alicyclic amines) is 1. The fourth-order valence-electron chi connectivity index (χ4n) is 4.74. The van der Waals surface area contributed by atoms with Crippen molar-refractivity contribution >= 4 is 35.4 Å². The Labute approximate surface area is 199 Å². The van der Waals surface area contributed by atoms with Crippen LogP contribution in [0, 0.1) is 0 Å². The predicted molar refractivity (Wildman–Crippen MR) is 118 cm³/mol. The van der Waals surface area contributed by atoms with E-state index in [1.54, 1.807) is 23.0 Å². The standard InChI is InChI=1S/C22H23N7O6/c30-17-5-4-16(19(31)24-17)29-20(32)14-2-1-3-15(18(14)21(29)33)23-10-12-11-28(26-25-12)13-6-8-27(9-7-13)22(34)35/h1-3,11,13,16,23H,4-10H2,(H,34,35)(H,24,30,31). The zero-order valence-corrected chi connectivity index (χ0v) is 18.6. The third kappa shape index (κ3) is 4.09. The van der Waals surface area contributed by atoms with Gasteiger partial charge in [-0.2, -0.15) is 0 Å². The number of hydrogen-bond donors (Lipinski definition) is 3. The normalized spacial score (nSPS) is 20.7. The second-order valence-electron chi connectivity index (χ2n) is 8.72. The molecule has 13 nitrogen and oxygen atoms in total. The fourth-order valence-corrected chi connectivity index (χ4v) is 4.74. The first kappa shape index (κ1) is 22.5. The Morgan fingerprint density at radius 2 is 1.89 bits per heavy atom. The monoisotopic (exact) mass is 481 g/mol. The van der Waals surface area contributed by atoms with Crippen LogP contribution in [0.5, 0.6) is 0 Å². The smallest absolute Gasteiger partial charge is 0.407 e. The quantitative estimate of drug-likeness (QED) is 0.518. The van der Waals surface area contributed by atoms with Gasteiger partial charge in [-0.15, -0.1) is 5.10 Å². The summed E-state index contributed by atoms with van der Waals surface area (Å²) < 4.78 is 1.73. The van der Waals surface area contributed by atoms with Gasteiger partial charge in [-0.3, -0.25) is 29.4 Å². The Bertz CT molecular complexity index is 1230. The molecule has 13 heteroatoms. The molecule has 1 atom stereocenters. The molecule has 0 radical (unpaired) electrons. The summed E-state index contributed by atoms with van der Waals surface area (Å²) in [6, 6.07) is 3.87. The molecule has 0 bridgehead atoms. The molecule has 1 aromatic carbocycles. The van der Waals surface area contributed by atoms with E-state index < -0.39 is 35.8 Å². The van der Waals surface area contributed by atoms with Crippen LogP contribution in [0.1, 0.15) is 58.1 Å². The van der Waals surface area contributed by atoms with Gasteiger partial charge in [0, 0.05) is 25.2 Å². The summed E-state index contributed by atoms with van der Waals surface area (Å²) in [4.78, 5) is 63.3. The van der Waals surface area contributed by atoms with Crippen LogP contribution in [0.2, 0.25) is 0 Å². The zero-order chi connectivity index (χ0) is 24.7. The number of imide groups is 2. The van der Waals surface area contributed by atoms with Gasteiger partial charge in [-0.1, -0.05) is 11.3 Å². The van der Waals surface area contributed by atoms with Crippen molar-refractivity contribution in [1.29, 1.82) is 0 Å². The Kier molecular flexibility index (Phi) is 5.67. The van der Waals surface area contributed by atoms with Crippen molar-refractivity contribution in [3.05, 3.63) is 41.2 Å². The van der Waals surface area contributed by atoms with Crippen molar-refractivity contribution in [1.82, 2.24) is 30.1 Å². The van der Waals surface area contributed by atoms with Crippen molar-refractivity contribution in [2.75, 3.05) is 18.4 Å². The summed E-state index contributed by atoms with van der Waals surface area (Å²) in [7, 11) is 0. The van der Waals surface area contributed by atoms with Gasteiger partial charge < -0.3 is 15.3 Å². The van der Waals surface area contributed by atoms with Gasteiger partial charge in [0.15, 0.2) is 0 Å². The number of piperidine rings is 2. The van der Waals surface area contributed by atoms with Crippen LogP contribution in [-0.2, 0) is 16.1 Å². The number of nitrogens with zero attached hydrogens (tertiary/aromatic N) is 5. The van der Waals surface area contributed by atoms with E-state index in [0.29, 0.717) is 37.3 Å². The molecular weight excluding hydrogens is 458 g/mol. The highest BCUT2D eigenvalue weighted by atomic mass is 16.4. The number of carbonyl (C=O) groups is 5. The first-order valence-electron chi connectivity index (χ1n) is 11.3. The van der Waals surface area contributed by atoms with E-state index in [1.807, 2.05) is 0 Å². The van der Waals surface area contributed by atoms with Crippen molar-refractivity contribution in [2.24, 2.45) is 0 Å². The van der Waals surface area contributed by atoms with Gasteiger partial charge in [-0.05, 0) is 31.4 Å². The molecule has 2 saturated heterocycles. The van der Waals surface area contributed by atoms with Crippen LogP contribution in [0.4, 0.5) is 10.5 Å². The molecule has 1 unspecified atom stereocenters. The summed E-state index contributed by atoms with van der Waals surface area (Å²) in [5.74, 6) is -2.24. The van der Waals surface area contributed by atoms with Crippen LogP contribution in [0.25, 0.3) is 0 Å². The lowest BCUT2D eigenvalue weighted by Crippen LogP contribution is -2.54. The van der Waals surface area contributed by atoms with Crippen LogP contribution in [0.15, 0.2) is 24.4 Å². The van der Waals surface area contributed by atoms with E-state index in [9.17, 15) is 24.0 Å². The molecule has 0 spiro atoms. The predicted octanol–water partition coefficient (Wildman–Crippen LogP) is 0.606. The number of aromatic nitrogens is 3. The van der Waals surface area contributed by atoms with Gasteiger partial charge in [0.1, 0.15) is 11.7 Å². The molecule has 0 aliphatic carbocycles. The van der Waals surface area contributed by atoms with Crippen LogP contribution >= 0.6 is 0 Å². The third-order valence-electron chi connectivity index (χ3n) is 6.59. The third-order valence-corrected chi connectivity index (χ3v) is 6.59. The lowest BCUT2D eigenvalue weighted by atomic mass is 10.0. The first-order valence-corrected chi connectivity index (χ1v) is 11.3. The second-order valence-corrected chi connectivity index (χ2v) is 8.72. The molecule has 3 aliphatic rings. The van der Waals surface area contributed by atoms with Crippen LogP contribution in [0.3, 0.4) is 0 Å². The molecule has 182 valence electrons. The summed E-state index contributed by atoms with van der Waals surface area (Å²) in [5, 5.41) is 22.8. The number of amides is 5. The van der Waals surface area contributed by atoms with Crippen LogP contribution in [-0.4, -0.2) is 78.8 Å². The number of anilines is 1. The summed E-state index contributed by atoms with van der Waals surface area (Å²) in [6.07, 6.45) is 2.28. The van der Waals surface area contributed by atoms with E-state index in [0.717, 1.165) is 4.90 Å². The van der Waals surface area contributed by atoms with Gasteiger partial charge in [0.25, 0.3) is 11.8 Å². The molecule has 5 amide bonds. The minimum absolute atomic E-state index is 0.0501. The first-order chi connectivity index (χ1) is 16.8. The molecule has 3 aliphatic heterocycles.